The lowest BCUT2D eigenvalue weighted by Crippen LogP contribution is -2.30. The molecule has 0 spiro atoms. The van der Waals surface area contributed by atoms with Crippen LogP contribution in [0, 0.1) is 11.8 Å². The van der Waals surface area contributed by atoms with Gasteiger partial charge in [0, 0.05) is 17.9 Å². The van der Waals surface area contributed by atoms with Gasteiger partial charge in [-0.25, -0.2) is 9.59 Å². The first-order chi connectivity index (χ1) is 10.5. The number of benzene rings is 1. The van der Waals surface area contributed by atoms with Gasteiger partial charge in [0.05, 0.1) is 6.61 Å². The fraction of sp³-hybridized carbons (Fsp3) is 0.500. The molecule has 1 aliphatic rings. The molecular weight excluding hydrogens is 282 g/mol. The molecule has 1 fully saturated rings. The van der Waals surface area contributed by atoms with E-state index < -0.39 is 6.09 Å². The highest BCUT2D eigenvalue weighted by molar-refractivity contribution is 5.91. The van der Waals surface area contributed by atoms with E-state index in [0.29, 0.717) is 30.4 Å². The fourth-order valence-corrected chi connectivity index (χ4v) is 1.81. The Hall–Kier alpha value is -2.24. The third-order valence-electron chi connectivity index (χ3n) is 3.16. The Morgan fingerprint density at radius 1 is 1.23 bits per heavy atom. The average Bonchev–Trinajstić information content (AvgIpc) is 3.27. The smallest absolute Gasteiger partial charge is 0.411 e. The second kappa shape index (κ2) is 7.68. The third-order valence-corrected chi connectivity index (χ3v) is 3.16. The quantitative estimate of drug-likeness (QED) is 0.753. The standard InChI is InChI=1S/C16H23N3O3/c1-11(2)10-22-16(21)19-14-5-3-4-13(8-14)18-15(20)17-9-12-6-7-12/h3-5,8,11-12H,6-7,9-10H2,1-2H3,(H,19,21)(H2,17,18,20). The monoisotopic (exact) mass is 305 g/mol. The van der Waals surface area contributed by atoms with Gasteiger partial charge in [0.1, 0.15) is 0 Å². The summed E-state index contributed by atoms with van der Waals surface area (Å²) >= 11 is 0. The Labute approximate surface area is 130 Å². The van der Waals surface area contributed by atoms with Gasteiger partial charge >= 0.3 is 12.1 Å². The lowest BCUT2D eigenvalue weighted by Gasteiger charge is -2.11. The SMILES string of the molecule is CC(C)COC(=O)Nc1cccc(NC(=O)NCC2CC2)c1. The van der Waals surface area contributed by atoms with Crippen LogP contribution in [0.5, 0.6) is 0 Å². The number of hydrogen-bond acceptors (Lipinski definition) is 3. The van der Waals surface area contributed by atoms with E-state index in [1.54, 1.807) is 24.3 Å². The summed E-state index contributed by atoms with van der Waals surface area (Å²) in [4.78, 5) is 23.3. The van der Waals surface area contributed by atoms with E-state index in [-0.39, 0.29) is 11.9 Å². The van der Waals surface area contributed by atoms with Crippen molar-refractivity contribution in [2.75, 3.05) is 23.8 Å². The molecule has 3 N–H and O–H groups in total. The number of amides is 3. The van der Waals surface area contributed by atoms with E-state index in [4.69, 9.17) is 4.74 Å². The molecule has 0 saturated heterocycles. The number of nitrogens with one attached hydrogen (secondary N) is 3. The van der Waals surface area contributed by atoms with Crippen molar-refractivity contribution in [2.24, 2.45) is 11.8 Å². The van der Waals surface area contributed by atoms with Crippen LogP contribution in [-0.2, 0) is 4.74 Å². The van der Waals surface area contributed by atoms with Crippen LogP contribution in [0.4, 0.5) is 21.0 Å². The zero-order chi connectivity index (χ0) is 15.9. The Morgan fingerprint density at radius 2 is 1.91 bits per heavy atom. The van der Waals surface area contributed by atoms with Gasteiger partial charge in [0.2, 0.25) is 0 Å². The zero-order valence-corrected chi connectivity index (χ0v) is 13.0. The van der Waals surface area contributed by atoms with Crippen LogP contribution in [0.1, 0.15) is 26.7 Å². The molecule has 3 amide bonds. The van der Waals surface area contributed by atoms with E-state index >= 15 is 0 Å². The highest BCUT2D eigenvalue weighted by Gasteiger charge is 2.21. The Bertz CT molecular complexity index is 492. The van der Waals surface area contributed by atoms with Crippen molar-refractivity contribution in [3.05, 3.63) is 24.3 Å². The molecule has 1 aromatic rings. The van der Waals surface area contributed by atoms with Crippen molar-refractivity contribution in [1.29, 1.82) is 0 Å². The molecule has 0 aromatic heterocycles. The Kier molecular flexibility index (Phi) is 5.63. The van der Waals surface area contributed by atoms with Gasteiger partial charge in [-0.2, -0.15) is 0 Å². The molecule has 0 unspecified atom stereocenters. The number of ether oxygens (including phenoxy) is 1. The van der Waals surface area contributed by atoms with Crippen molar-refractivity contribution < 1.29 is 14.3 Å². The second-order valence-corrected chi connectivity index (χ2v) is 5.98. The minimum absolute atomic E-state index is 0.230. The molecule has 0 atom stereocenters. The normalized spacial score (nSPS) is 13.6. The van der Waals surface area contributed by atoms with Crippen LogP contribution >= 0.6 is 0 Å². The van der Waals surface area contributed by atoms with Gasteiger partial charge in [0.25, 0.3) is 0 Å². The van der Waals surface area contributed by atoms with E-state index in [0.717, 1.165) is 0 Å². The maximum atomic E-state index is 11.7. The van der Waals surface area contributed by atoms with Crippen LogP contribution in [0.3, 0.4) is 0 Å². The predicted octanol–water partition coefficient (Wildman–Crippen LogP) is 3.42. The van der Waals surface area contributed by atoms with Gasteiger partial charge in [-0.3, -0.25) is 5.32 Å². The number of hydrogen-bond donors (Lipinski definition) is 3. The summed E-state index contributed by atoms with van der Waals surface area (Å²) in [6.45, 7) is 5.02. The first kappa shape index (κ1) is 16.1. The highest BCUT2D eigenvalue weighted by Crippen LogP contribution is 2.27. The largest absolute Gasteiger partial charge is 0.449 e. The number of carbonyl (C=O) groups is 2. The van der Waals surface area contributed by atoms with Crippen LogP contribution < -0.4 is 16.0 Å². The molecule has 0 heterocycles. The molecule has 120 valence electrons. The molecule has 0 bridgehead atoms. The Morgan fingerprint density at radius 3 is 2.55 bits per heavy atom. The predicted molar refractivity (Wildman–Crippen MR) is 86.0 cm³/mol. The van der Waals surface area contributed by atoms with Gasteiger partial charge < -0.3 is 15.4 Å². The van der Waals surface area contributed by atoms with Crippen molar-refractivity contribution in [2.45, 2.75) is 26.7 Å². The van der Waals surface area contributed by atoms with Crippen molar-refractivity contribution >= 4 is 23.5 Å². The van der Waals surface area contributed by atoms with Crippen LogP contribution in [0.2, 0.25) is 0 Å². The maximum Gasteiger partial charge on any atom is 0.411 e. The molecule has 0 radical (unpaired) electrons. The molecule has 1 saturated carbocycles. The fourth-order valence-electron chi connectivity index (χ4n) is 1.81. The number of urea groups is 1. The van der Waals surface area contributed by atoms with Crippen molar-refractivity contribution in [3.8, 4) is 0 Å². The van der Waals surface area contributed by atoms with Crippen molar-refractivity contribution in [3.63, 3.8) is 0 Å². The van der Waals surface area contributed by atoms with E-state index in [1.807, 2.05) is 13.8 Å². The van der Waals surface area contributed by atoms with Gasteiger partial charge in [-0.05, 0) is 42.9 Å². The molecule has 1 aliphatic carbocycles. The summed E-state index contributed by atoms with van der Waals surface area (Å²) in [5.74, 6) is 0.920. The zero-order valence-electron chi connectivity index (χ0n) is 13.0. The van der Waals surface area contributed by atoms with Crippen LogP contribution in [0.25, 0.3) is 0 Å². The number of anilines is 2. The molecular formula is C16H23N3O3. The Balaban J connectivity index is 1.80. The lowest BCUT2D eigenvalue weighted by atomic mass is 10.2. The van der Waals surface area contributed by atoms with E-state index in [1.165, 1.54) is 12.8 Å². The van der Waals surface area contributed by atoms with Crippen LogP contribution in [-0.4, -0.2) is 25.3 Å². The van der Waals surface area contributed by atoms with Crippen molar-refractivity contribution in [1.82, 2.24) is 5.32 Å². The summed E-state index contributed by atoms with van der Waals surface area (Å²) in [6.07, 6.45) is 1.89. The van der Waals surface area contributed by atoms with E-state index in [2.05, 4.69) is 16.0 Å². The summed E-state index contributed by atoms with van der Waals surface area (Å²) in [7, 11) is 0. The van der Waals surface area contributed by atoms with Crippen LogP contribution in [0.15, 0.2) is 24.3 Å². The highest BCUT2D eigenvalue weighted by atomic mass is 16.5. The number of rotatable bonds is 6. The minimum atomic E-state index is -0.496. The number of carbonyl (C=O) groups excluding carboxylic acids is 2. The molecule has 1 aromatic carbocycles. The molecule has 6 heteroatoms. The molecule has 2 rings (SSSR count). The summed E-state index contributed by atoms with van der Waals surface area (Å²) in [5.41, 5.74) is 1.20. The summed E-state index contributed by atoms with van der Waals surface area (Å²) in [5, 5.41) is 8.21. The first-order valence-electron chi connectivity index (χ1n) is 7.61. The summed E-state index contributed by atoms with van der Waals surface area (Å²) in [6, 6.07) is 6.72. The molecule has 6 nitrogen and oxygen atoms in total. The van der Waals surface area contributed by atoms with Gasteiger partial charge in [-0.15, -0.1) is 0 Å². The third kappa shape index (κ3) is 6.03. The van der Waals surface area contributed by atoms with Gasteiger partial charge in [-0.1, -0.05) is 19.9 Å². The topological polar surface area (TPSA) is 79.5 Å². The molecule has 0 aliphatic heterocycles. The second-order valence-electron chi connectivity index (χ2n) is 5.98. The summed E-state index contributed by atoms with van der Waals surface area (Å²) < 4.78 is 5.05. The minimum Gasteiger partial charge on any atom is -0.449 e. The average molecular weight is 305 g/mol. The molecule has 22 heavy (non-hydrogen) atoms. The lowest BCUT2D eigenvalue weighted by molar-refractivity contribution is 0.147. The van der Waals surface area contributed by atoms with Gasteiger partial charge in [0.15, 0.2) is 0 Å². The van der Waals surface area contributed by atoms with E-state index in [9.17, 15) is 9.59 Å². The maximum absolute atomic E-state index is 11.7. The first-order valence-corrected chi connectivity index (χ1v) is 7.61.